The van der Waals surface area contributed by atoms with Crippen LogP contribution in [0.15, 0.2) is 48.5 Å². The van der Waals surface area contributed by atoms with E-state index in [1.807, 2.05) is 18.2 Å². The Morgan fingerprint density at radius 2 is 1.61 bits per heavy atom. The summed E-state index contributed by atoms with van der Waals surface area (Å²) in [5.74, 6) is -0.717. The molecule has 33 heavy (non-hydrogen) atoms. The molecule has 0 aliphatic heterocycles. The van der Waals surface area contributed by atoms with Crippen molar-refractivity contribution < 1.29 is 29.0 Å². The third-order valence-corrected chi connectivity index (χ3v) is 5.20. The minimum absolute atomic E-state index is 0.0428. The first kappa shape index (κ1) is 23.6. The van der Waals surface area contributed by atoms with Gasteiger partial charge in [0.1, 0.15) is 11.5 Å². The lowest BCUT2D eigenvalue weighted by atomic mass is 10.0. The van der Waals surface area contributed by atoms with Crippen LogP contribution >= 0.6 is 0 Å². The van der Waals surface area contributed by atoms with Crippen LogP contribution in [0.1, 0.15) is 30.3 Å². The van der Waals surface area contributed by atoms with E-state index in [0.29, 0.717) is 18.5 Å². The first-order valence-electron chi connectivity index (χ1n) is 10.4. The molecule has 2 atom stereocenters. The van der Waals surface area contributed by atoms with E-state index in [4.69, 9.17) is 10.2 Å². The van der Waals surface area contributed by atoms with Crippen molar-refractivity contribution in [1.82, 2.24) is 20.9 Å². The molecule has 3 amide bonds. The number of hydrogen-bond donors (Lipinski definition) is 6. The molecule has 1 heterocycles. The Morgan fingerprint density at radius 1 is 0.939 bits per heavy atom. The topological polar surface area (TPSA) is 144 Å². The van der Waals surface area contributed by atoms with E-state index in [1.165, 1.54) is 12.1 Å². The van der Waals surface area contributed by atoms with Crippen molar-refractivity contribution in [3.8, 4) is 11.1 Å². The van der Waals surface area contributed by atoms with Crippen LogP contribution in [0.3, 0.4) is 0 Å². The van der Waals surface area contributed by atoms with Gasteiger partial charge in [0, 0.05) is 29.5 Å². The fraction of sp³-hybridized carbons (Fsp3) is 0.261. The molecule has 6 N–H and O–H groups in total. The molecule has 2 aromatic carbocycles. The van der Waals surface area contributed by atoms with E-state index in [9.17, 15) is 18.8 Å². The van der Waals surface area contributed by atoms with Gasteiger partial charge in [-0.3, -0.25) is 4.79 Å². The number of benzene rings is 2. The number of fused-ring (bicyclic) bond motifs is 1. The Balaban J connectivity index is 1.65. The fourth-order valence-electron chi connectivity index (χ4n) is 3.52. The molecule has 0 aliphatic rings. The highest BCUT2D eigenvalue weighted by Gasteiger charge is 2.17. The van der Waals surface area contributed by atoms with Crippen LogP contribution in [0.2, 0.25) is 0 Å². The van der Waals surface area contributed by atoms with Crippen molar-refractivity contribution in [2.24, 2.45) is 0 Å². The van der Waals surface area contributed by atoms with Gasteiger partial charge in [-0.15, -0.1) is 0 Å². The molecule has 0 spiro atoms. The van der Waals surface area contributed by atoms with Gasteiger partial charge in [0.25, 0.3) is 5.91 Å². The van der Waals surface area contributed by atoms with Crippen LogP contribution in [0.4, 0.5) is 14.0 Å². The van der Waals surface area contributed by atoms with Crippen LogP contribution in [0.25, 0.3) is 22.0 Å². The van der Waals surface area contributed by atoms with Gasteiger partial charge < -0.3 is 31.1 Å². The predicted molar refractivity (Wildman–Crippen MR) is 121 cm³/mol. The van der Waals surface area contributed by atoms with Gasteiger partial charge in [-0.1, -0.05) is 24.3 Å². The number of carboxylic acid groups (broad SMARTS) is 2. The molecule has 10 heteroatoms. The number of hydrogen-bond acceptors (Lipinski definition) is 3. The normalized spacial score (nSPS) is 12.7. The van der Waals surface area contributed by atoms with Crippen LogP contribution in [-0.4, -0.2) is 51.9 Å². The highest BCUT2D eigenvalue weighted by molar-refractivity contribution is 5.98. The number of carbonyl (C=O) groups excluding carboxylic acids is 1. The number of aromatic amines is 1. The first-order chi connectivity index (χ1) is 15.7. The molecular weight excluding hydrogens is 431 g/mol. The van der Waals surface area contributed by atoms with E-state index in [0.717, 1.165) is 22.0 Å². The van der Waals surface area contributed by atoms with Crippen LogP contribution in [0.5, 0.6) is 0 Å². The standard InChI is InChI=1S/C23H25FN4O5/c1-13(26-22(30)31)2-9-18(27-23(32)33)12-25-21(29)20-11-16-4-3-15(10-19(16)28-20)14-5-7-17(24)8-6-14/h3-8,10-11,13,18,26-28H,2,9,12H2,1H3,(H,25,29)(H,30,31)(H,32,33). The largest absolute Gasteiger partial charge is 0.465 e. The summed E-state index contributed by atoms with van der Waals surface area (Å²) in [5, 5.41) is 26.0. The summed E-state index contributed by atoms with van der Waals surface area (Å²) in [7, 11) is 0. The van der Waals surface area contributed by atoms with Gasteiger partial charge in [0.15, 0.2) is 0 Å². The molecule has 0 saturated heterocycles. The number of H-pyrrole nitrogens is 1. The maximum atomic E-state index is 13.2. The zero-order chi connectivity index (χ0) is 24.0. The van der Waals surface area contributed by atoms with Crippen molar-refractivity contribution in [2.75, 3.05) is 6.54 Å². The zero-order valence-electron chi connectivity index (χ0n) is 17.9. The van der Waals surface area contributed by atoms with Crippen LogP contribution in [-0.2, 0) is 0 Å². The zero-order valence-corrected chi connectivity index (χ0v) is 17.9. The van der Waals surface area contributed by atoms with Crippen molar-refractivity contribution in [3.05, 3.63) is 60.0 Å². The van der Waals surface area contributed by atoms with E-state index in [2.05, 4.69) is 20.9 Å². The van der Waals surface area contributed by atoms with E-state index in [1.54, 1.807) is 25.1 Å². The minimum Gasteiger partial charge on any atom is -0.465 e. The second kappa shape index (κ2) is 10.5. The van der Waals surface area contributed by atoms with Crippen molar-refractivity contribution >= 4 is 29.0 Å². The lowest BCUT2D eigenvalue weighted by Crippen LogP contribution is -2.44. The third-order valence-electron chi connectivity index (χ3n) is 5.20. The molecule has 9 nitrogen and oxygen atoms in total. The fourth-order valence-corrected chi connectivity index (χ4v) is 3.52. The van der Waals surface area contributed by atoms with Gasteiger partial charge in [-0.2, -0.15) is 0 Å². The molecule has 0 saturated carbocycles. The molecule has 2 unspecified atom stereocenters. The molecule has 0 bridgehead atoms. The molecular formula is C23H25FN4O5. The first-order valence-corrected chi connectivity index (χ1v) is 10.4. The molecule has 0 radical (unpaired) electrons. The second-order valence-electron chi connectivity index (χ2n) is 7.78. The maximum Gasteiger partial charge on any atom is 0.404 e. The average Bonchev–Trinajstić information content (AvgIpc) is 3.18. The summed E-state index contributed by atoms with van der Waals surface area (Å²) in [6.45, 7) is 1.72. The average molecular weight is 456 g/mol. The summed E-state index contributed by atoms with van der Waals surface area (Å²) >= 11 is 0. The van der Waals surface area contributed by atoms with E-state index in [-0.39, 0.29) is 18.4 Å². The molecule has 3 rings (SSSR count). The van der Waals surface area contributed by atoms with Gasteiger partial charge >= 0.3 is 12.2 Å². The van der Waals surface area contributed by atoms with Crippen LogP contribution in [0, 0.1) is 5.82 Å². The number of halogens is 1. The Hall–Kier alpha value is -4.08. The Bertz CT molecular complexity index is 1150. The molecule has 0 aliphatic carbocycles. The highest BCUT2D eigenvalue weighted by atomic mass is 19.1. The van der Waals surface area contributed by atoms with Crippen LogP contribution < -0.4 is 16.0 Å². The maximum absolute atomic E-state index is 13.2. The summed E-state index contributed by atoms with van der Waals surface area (Å²) < 4.78 is 13.2. The number of aromatic nitrogens is 1. The summed E-state index contributed by atoms with van der Waals surface area (Å²) in [6.07, 6.45) is -1.65. The van der Waals surface area contributed by atoms with E-state index >= 15 is 0 Å². The molecule has 0 fully saturated rings. The number of amides is 3. The monoisotopic (exact) mass is 456 g/mol. The molecule has 3 aromatic rings. The summed E-state index contributed by atoms with van der Waals surface area (Å²) in [4.78, 5) is 37.5. The molecule has 174 valence electrons. The highest BCUT2D eigenvalue weighted by Crippen LogP contribution is 2.25. The lowest BCUT2D eigenvalue weighted by Gasteiger charge is -2.19. The van der Waals surface area contributed by atoms with Crippen molar-refractivity contribution in [1.29, 1.82) is 0 Å². The van der Waals surface area contributed by atoms with Crippen molar-refractivity contribution in [2.45, 2.75) is 31.8 Å². The lowest BCUT2D eigenvalue weighted by molar-refractivity contribution is 0.0943. The molecule has 1 aromatic heterocycles. The summed E-state index contributed by atoms with van der Waals surface area (Å²) in [5.41, 5.74) is 2.76. The quantitative estimate of drug-likeness (QED) is 0.290. The number of rotatable bonds is 9. The summed E-state index contributed by atoms with van der Waals surface area (Å²) in [6, 6.07) is 12.5. The van der Waals surface area contributed by atoms with Crippen molar-refractivity contribution in [3.63, 3.8) is 0 Å². The van der Waals surface area contributed by atoms with E-state index < -0.39 is 24.1 Å². The van der Waals surface area contributed by atoms with Gasteiger partial charge in [0.05, 0.1) is 0 Å². The predicted octanol–water partition coefficient (Wildman–Crippen LogP) is 3.78. The smallest absolute Gasteiger partial charge is 0.404 e. The number of nitrogens with one attached hydrogen (secondary N) is 4. The minimum atomic E-state index is -1.23. The van der Waals surface area contributed by atoms with Gasteiger partial charge in [-0.05, 0) is 55.2 Å². The third kappa shape index (κ3) is 6.70. The van der Waals surface area contributed by atoms with Gasteiger partial charge in [0.2, 0.25) is 0 Å². The Morgan fingerprint density at radius 3 is 2.27 bits per heavy atom. The number of carbonyl (C=O) groups is 3. The Kier molecular flexibility index (Phi) is 7.50. The SMILES string of the molecule is CC(CCC(CNC(=O)c1cc2ccc(-c3ccc(F)cc3)cc2[nH]1)NC(=O)O)NC(=O)O. The Labute approximate surface area is 189 Å². The second-order valence-corrected chi connectivity index (χ2v) is 7.78. The van der Waals surface area contributed by atoms with Gasteiger partial charge in [-0.25, -0.2) is 14.0 Å².